The van der Waals surface area contributed by atoms with Gasteiger partial charge in [-0.15, -0.1) is 0 Å². The van der Waals surface area contributed by atoms with E-state index in [0.717, 1.165) is 6.07 Å². The first-order valence-corrected chi connectivity index (χ1v) is 9.71. The van der Waals surface area contributed by atoms with E-state index in [0.29, 0.717) is 12.1 Å². The summed E-state index contributed by atoms with van der Waals surface area (Å²) in [6.45, 7) is 0.194. The zero-order chi connectivity index (χ0) is 17.5. The van der Waals surface area contributed by atoms with Gasteiger partial charge < -0.3 is 10.2 Å². The third-order valence-electron chi connectivity index (χ3n) is 4.37. The van der Waals surface area contributed by atoms with Crippen LogP contribution in [0.25, 0.3) is 0 Å². The Bertz CT molecular complexity index is 799. The highest BCUT2D eigenvalue weighted by molar-refractivity contribution is 7.91. The number of nitrogens with one attached hydrogen (secondary N) is 1. The number of nitrogens with zero attached hydrogens (tertiary/aromatic N) is 1. The van der Waals surface area contributed by atoms with Crippen LogP contribution in [0.5, 0.6) is 0 Å². The Hall–Kier alpha value is -1.67. The quantitative estimate of drug-likeness (QED) is 0.868. The van der Waals surface area contributed by atoms with Crippen LogP contribution in [-0.2, 0) is 19.4 Å². The van der Waals surface area contributed by atoms with Crippen LogP contribution in [0.2, 0.25) is 5.02 Å². The summed E-state index contributed by atoms with van der Waals surface area (Å²) in [7, 11) is -3.10. The fourth-order valence-electron chi connectivity index (χ4n) is 3.10. The summed E-state index contributed by atoms with van der Waals surface area (Å²) in [4.78, 5) is 25.9. The summed E-state index contributed by atoms with van der Waals surface area (Å²) in [5.74, 6) is -1.69. The standard InChI is InChI=1S/C15H16ClFN2O4S/c16-12-6-10(1-2-13(12)17)18-15(21)9-5-14(20)19(7-9)11-3-4-24(22,23)8-11/h1-2,6,9,11H,3-5,7-8H2,(H,18,21). The van der Waals surface area contributed by atoms with E-state index in [-0.39, 0.29) is 47.4 Å². The molecule has 0 bridgehead atoms. The van der Waals surface area contributed by atoms with Gasteiger partial charge in [-0.1, -0.05) is 11.6 Å². The molecule has 24 heavy (non-hydrogen) atoms. The summed E-state index contributed by atoms with van der Waals surface area (Å²) >= 11 is 5.67. The largest absolute Gasteiger partial charge is 0.338 e. The van der Waals surface area contributed by atoms with E-state index in [9.17, 15) is 22.4 Å². The lowest BCUT2D eigenvalue weighted by Crippen LogP contribution is -2.38. The number of benzene rings is 1. The second-order valence-corrected chi connectivity index (χ2v) is 8.76. The van der Waals surface area contributed by atoms with Crippen LogP contribution in [0.4, 0.5) is 10.1 Å². The van der Waals surface area contributed by atoms with Gasteiger partial charge in [0, 0.05) is 24.7 Å². The maximum absolute atomic E-state index is 13.1. The Morgan fingerprint density at radius 1 is 1.38 bits per heavy atom. The van der Waals surface area contributed by atoms with Gasteiger partial charge in [-0.05, 0) is 24.6 Å². The number of rotatable bonds is 3. The van der Waals surface area contributed by atoms with Crippen molar-refractivity contribution in [3.63, 3.8) is 0 Å². The van der Waals surface area contributed by atoms with Gasteiger partial charge in [-0.2, -0.15) is 0 Å². The molecular formula is C15H16ClFN2O4S. The van der Waals surface area contributed by atoms with E-state index in [1.165, 1.54) is 17.0 Å². The van der Waals surface area contributed by atoms with E-state index in [4.69, 9.17) is 11.6 Å². The lowest BCUT2D eigenvalue weighted by atomic mass is 10.1. The van der Waals surface area contributed by atoms with E-state index in [2.05, 4.69) is 5.32 Å². The average molecular weight is 375 g/mol. The topological polar surface area (TPSA) is 83.6 Å². The van der Waals surface area contributed by atoms with Crippen LogP contribution in [0.3, 0.4) is 0 Å². The molecule has 3 rings (SSSR count). The number of hydrogen-bond donors (Lipinski definition) is 1. The molecule has 0 spiro atoms. The van der Waals surface area contributed by atoms with E-state index in [1.807, 2.05) is 0 Å². The van der Waals surface area contributed by atoms with Crippen molar-refractivity contribution in [1.82, 2.24) is 4.90 Å². The molecule has 2 aliphatic heterocycles. The van der Waals surface area contributed by atoms with Crippen molar-refractivity contribution in [1.29, 1.82) is 0 Å². The molecule has 0 saturated carbocycles. The van der Waals surface area contributed by atoms with Gasteiger partial charge in [0.05, 0.1) is 22.4 Å². The zero-order valence-corrected chi connectivity index (χ0v) is 14.2. The smallest absolute Gasteiger partial charge is 0.229 e. The van der Waals surface area contributed by atoms with Gasteiger partial charge in [0.2, 0.25) is 11.8 Å². The van der Waals surface area contributed by atoms with Crippen molar-refractivity contribution in [2.75, 3.05) is 23.4 Å². The van der Waals surface area contributed by atoms with Crippen molar-refractivity contribution in [3.05, 3.63) is 29.0 Å². The molecule has 0 aromatic heterocycles. The van der Waals surface area contributed by atoms with Crippen molar-refractivity contribution in [2.45, 2.75) is 18.9 Å². The molecule has 0 aliphatic carbocycles. The highest BCUT2D eigenvalue weighted by atomic mass is 35.5. The molecule has 0 radical (unpaired) electrons. The summed E-state index contributed by atoms with van der Waals surface area (Å²) in [6.07, 6.45) is 0.452. The van der Waals surface area contributed by atoms with Gasteiger partial charge in [0.25, 0.3) is 0 Å². The molecular weight excluding hydrogens is 359 g/mol. The van der Waals surface area contributed by atoms with Gasteiger partial charge in [0.15, 0.2) is 9.84 Å². The number of sulfone groups is 1. The minimum atomic E-state index is -3.10. The number of carbonyl (C=O) groups excluding carboxylic acids is 2. The third kappa shape index (κ3) is 3.54. The van der Waals surface area contributed by atoms with Crippen molar-refractivity contribution in [3.8, 4) is 0 Å². The third-order valence-corrected chi connectivity index (χ3v) is 6.41. The lowest BCUT2D eigenvalue weighted by Gasteiger charge is -2.22. The van der Waals surface area contributed by atoms with Gasteiger partial charge >= 0.3 is 0 Å². The SMILES string of the molecule is O=C(Nc1ccc(F)c(Cl)c1)C1CC(=O)N(C2CCS(=O)(=O)C2)C1. The van der Waals surface area contributed by atoms with Crippen LogP contribution < -0.4 is 5.32 Å². The fraction of sp³-hybridized carbons (Fsp3) is 0.467. The molecule has 1 aromatic carbocycles. The maximum atomic E-state index is 13.1. The molecule has 1 aromatic rings. The Morgan fingerprint density at radius 3 is 2.75 bits per heavy atom. The fourth-order valence-corrected chi connectivity index (χ4v) is 5.01. The number of carbonyl (C=O) groups is 2. The first-order chi connectivity index (χ1) is 11.2. The Balaban J connectivity index is 1.64. The maximum Gasteiger partial charge on any atom is 0.229 e. The predicted molar refractivity (Wildman–Crippen MR) is 86.9 cm³/mol. The number of hydrogen-bond acceptors (Lipinski definition) is 4. The molecule has 2 fully saturated rings. The van der Waals surface area contributed by atoms with Gasteiger partial charge in [0.1, 0.15) is 5.82 Å². The molecule has 2 atom stereocenters. The molecule has 9 heteroatoms. The second-order valence-electron chi connectivity index (χ2n) is 6.12. The van der Waals surface area contributed by atoms with E-state index in [1.54, 1.807) is 0 Å². The molecule has 130 valence electrons. The van der Waals surface area contributed by atoms with Crippen molar-refractivity contribution >= 4 is 38.9 Å². The normalized spacial score (nSPS) is 25.9. The minimum absolute atomic E-state index is 0.0390. The molecule has 2 heterocycles. The highest BCUT2D eigenvalue weighted by Crippen LogP contribution is 2.27. The van der Waals surface area contributed by atoms with Crippen LogP contribution in [0, 0.1) is 11.7 Å². The predicted octanol–water partition coefficient (Wildman–Crippen LogP) is 1.45. The number of likely N-dealkylation sites (tertiary alicyclic amines) is 1. The molecule has 2 aliphatic rings. The highest BCUT2D eigenvalue weighted by Gasteiger charge is 2.41. The Kier molecular flexibility index (Phi) is 4.52. The molecule has 2 saturated heterocycles. The van der Waals surface area contributed by atoms with Crippen LogP contribution in [0.15, 0.2) is 18.2 Å². The lowest BCUT2D eigenvalue weighted by molar-refractivity contribution is -0.129. The van der Waals surface area contributed by atoms with E-state index >= 15 is 0 Å². The second kappa shape index (κ2) is 6.33. The first-order valence-electron chi connectivity index (χ1n) is 7.51. The van der Waals surface area contributed by atoms with Crippen LogP contribution in [0.1, 0.15) is 12.8 Å². The number of halogens is 2. The van der Waals surface area contributed by atoms with Gasteiger partial charge in [-0.3, -0.25) is 9.59 Å². The minimum Gasteiger partial charge on any atom is -0.338 e. The summed E-state index contributed by atoms with van der Waals surface area (Å²) < 4.78 is 36.2. The van der Waals surface area contributed by atoms with Gasteiger partial charge in [-0.25, -0.2) is 12.8 Å². The molecule has 6 nitrogen and oxygen atoms in total. The van der Waals surface area contributed by atoms with Crippen LogP contribution in [-0.4, -0.2) is 49.2 Å². The Labute approximate surface area is 143 Å². The summed E-state index contributed by atoms with van der Waals surface area (Å²) in [5.41, 5.74) is 0.348. The number of anilines is 1. The average Bonchev–Trinajstić information content (AvgIpc) is 3.05. The van der Waals surface area contributed by atoms with Crippen molar-refractivity contribution < 1.29 is 22.4 Å². The molecule has 1 N–H and O–H groups in total. The Morgan fingerprint density at radius 2 is 2.12 bits per heavy atom. The molecule has 2 unspecified atom stereocenters. The zero-order valence-electron chi connectivity index (χ0n) is 12.7. The first kappa shape index (κ1) is 17.2. The summed E-state index contributed by atoms with van der Waals surface area (Å²) in [6, 6.07) is 3.48. The van der Waals surface area contributed by atoms with Crippen molar-refractivity contribution in [2.24, 2.45) is 5.92 Å². The monoisotopic (exact) mass is 374 g/mol. The van der Waals surface area contributed by atoms with Crippen LogP contribution >= 0.6 is 11.6 Å². The summed E-state index contributed by atoms with van der Waals surface area (Å²) in [5, 5.41) is 2.51. The molecule has 2 amide bonds. The number of amides is 2. The van der Waals surface area contributed by atoms with E-state index < -0.39 is 21.6 Å².